The molecular formula is C50H44N4O. The van der Waals surface area contributed by atoms with Crippen LogP contribution in [0.25, 0.3) is 78.0 Å². The number of nitrogens with zero attached hydrogens (tertiary/aromatic N) is 4. The van der Waals surface area contributed by atoms with E-state index >= 15 is 0 Å². The van der Waals surface area contributed by atoms with Gasteiger partial charge in [-0.1, -0.05) is 120 Å². The van der Waals surface area contributed by atoms with Gasteiger partial charge in [-0.25, -0.2) is 4.98 Å². The molecular weight excluding hydrogens is 673 g/mol. The molecule has 0 aliphatic heterocycles. The quantitative estimate of drug-likeness (QED) is 0.193. The predicted molar refractivity (Wildman–Crippen MR) is 229 cm³/mol. The van der Waals surface area contributed by atoms with Crippen LogP contribution in [0.2, 0.25) is 0 Å². The monoisotopic (exact) mass is 716 g/mol. The van der Waals surface area contributed by atoms with Gasteiger partial charge < -0.3 is 9.67 Å². The summed E-state index contributed by atoms with van der Waals surface area (Å²) >= 11 is 0. The van der Waals surface area contributed by atoms with Crippen molar-refractivity contribution in [2.75, 3.05) is 0 Å². The second kappa shape index (κ2) is 12.8. The van der Waals surface area contributed by atoms with Crippen LogP contribution in [-0.2, 0) is 10.8 Å². The Morgan fingerprint density at radius 1 is 0.509 bits per heavy atom. The number of fused-ring (bicyclic) bond motifs is 4. The van der Waals surface area contributed by atoms with Gasteiger partial charge in [0.05, 0.1) is 33.3 Å². The molecule has 0 spiro atoms. The molecule has 5 heteroatoms. The molecule has 0 saturated carbocycles. The molecule has 3 heterocycles. The van der Waals surface area contributed by atoms with Gasteiger partial charge in [-0.2, -0.15) is 0 Å². The number of aromatic hydroxyl groups is 1. The Balaban J connectivity index is 1.36. The third-order valence-corrected chi connectivity index (χ3v) is 10.8. The SMILES string of the molecule is CC(C)(C)c1cc(-c2nc3c(-c4cccc(-c5ccccn5)c4)cccc3n2-c2ccc3c(c2)c2ccccc2n3-c2ccccc2)c(O)c(C(C)(C)C)c1. The Kier molecular flexibility index (Phi) is 8.01. The van der Waals surface area contributed by atoms with E-state index in [9.17, 15) is 5.11 Å². The third kappa shape index (κ3) is 5.88. The Labute approximate surface area is 322 Å². The highest BCUT2D eigenvalue weighted by molar-refractivity contribution is 6.10. The molecule has 1 N–H and O–H groups in total. The van der Waals surface area contributed by atoms with E-state index in [0.29, 0.717) is 11.4 Å². The third-order valence-electron chi connectivity index (χ3n) is 10.8. The Hall–Kier alpha value is -6.46. The normalized spacial score (nSPS) is 12.3. The van der Waals surface area contributed by atoms with Crippen LogP contribution in [0.3, 0.4) is 0 Å². The predicted octanol–water partition coefficient (Wildman–Crippen LogP) is 12.8. The lowest BCUT2D eigenvalue weighted by atomic mass is 9.79. The fourth-order valence-corrected chi connectivity index (χ4v) is 7.92. The van der Waals surface area contributed by atoms with Crippen molar-refractivity contribution in [3.63, 3.8) is 0 Å². The van der Waals surface area contributed by atoms with E-state index in [2.05, 4.69) is 183 Å². The molecule has 270 valence electrons. The average Bonchev–Trinajstić information content (AvgIpc) is 3.74. The summed E-state index contributed by atoms with van der Waals surface area (Å²) in [7, 11) is 0. The van der Waals surface area contributed by atoms with Crippen LogP contribution >= 0.6 is 0 Å². The van der Waals surface area contributed by atoms with Gasteiger partial charge in [-0.15, -0.1) is 0 Å². The number of imidazole rings is 1. The van der Waals surface area contributed by atoms with Crippen molar-refractivity contribution in [3.8, 4) is 50.9 Å². The number of hydrogen-bond donors (Lipinski definition) is 1. The maximum absolute atomic E-state index is 12.3. The Morgan fingerprint density at radius 2 is 1.22 bits per heavy atom. The van der Waals surface area contributed by atoms with Crippen molar-refractivity contribution in [1.82, 2.24) is 19.1 Å². The van der Waals surface area contributed by atoms with E-state index < -0.39 is 0 Å². The molecule has 6 aromatic carbocycles. The van der Waals surface area contributed by atoms with Crippen LogP contribution in [0.15, 0.2) is 152 Å². The summed E-state index contributed by atoms with van der Waals surface area (Å²) in [5.41, 5.74) is 12.5. The standard InChI is InChI=1S/C50H44N4O/c1-49(2,3)34-29-40(47(55)41(30-34)50(4,5)6)48-52-46-37(32-16-14-17-33(28-32)42-22-12-13-27-51-42)21-15-24-45(46)54(48)36-25-26-44-39(31-36)38-20-10-11-23-43(38)53(44)35-18-8-7-9-19-35/h7-31,55H,1-6H3. The molecule has 3 aromatic heterocycles. The van der Waals surface area contributed by atoms with Gasteiger partial charge >= 0.3 is 0 Å². The van der Waals surface area contributed by atoms with Crippen molar-refractivity contribution >= 4 is 32.8 Å². The van der Waals surface area contributed by atoms with Gasteiger partial charge in [0.2, 0.25) is 0 Å². The first-order chi connectivity index (χ1) is 26.5. The van der Waals surface area contributed by atoms with Gasteiger partial charge in [0.15, 0.2) is 0 Å². The number of phenolic OH excluding ortho intramolecular Hbond substituents is 1. The largest absolute Gasteiger partial charge is 0.507 e. The van der Waals surface area contributed by atoms with E-state index in [1.54, 1.807) is 0 Å². The molecule has 0 amide bonds. The first-order valence-electron chi connectivity index (χ1n) is 19.0. The molecule has 0 aliphatic rings. The van der Waals surface area contributed by atoms with Crippen LogP contribution in [0.4, 0.5) is 0 Å². The molecule has 0 atom stereocenters. The topological polar surface area (TPSA) is 55.9 Å². The molecule has 0 aliphatic carbocycles. The summed E-state index contributed by atoms with van der Waals surface area (Å²) in [6.45, 7) is 13.1. The molecule has 0 unspecified atom stereocenters. The first kappa shape index (κ1) is 34.3. The minimum Gasteiger partial charge on any atom is -0.507 e. The molecule has 5 nitrogen and oxygen atoms in total. The highest BCUT2D eigenvalue weighted by atomic mass is 16.3. The lowest BCUT2D eigenvalue weighted by Gasteiger charge is -2.27. The van der Waals surface area contributed by atoms with E-state index in [0.717, 1.165) is 72.3 Å². The van der Waals surface area contributed by atoms with E-state index in [1.807, 2.05) is 24.4 Å². The lowest BCUT2D eigenvalue weighted by Crippen LogP contribution is -2.17. The zero-order valence-electron chi connectivity index (χ0n) is 32.2. The van der Waals surface area contributed by atoms with Gasteiger partial charge in [-0.3, -0.25) is 9.55 Å². The van der Waals surface area contributed by atoms with Crippen molar-refractivity contribution in [1.29, 1.82) is 0 Å². The number of pyridine rings is 1. The Bertz CT molecular complexity index is 2890. The zero-order valence-corrected chi connectivity index (χ0v) is 32.2. The minimum atomic E-state index is -0.299. The summed E-state index contributed by atoms with van der Waals surface area (Å²) < 4.78 is 4.58. The van der Waals surface area contributed by atoms with E-state index in [1.165, 1.54) is 5.39 Å². The van der Waals surface area contributed by atoms with Crippen LogP contribution in [-0.4, -0.2) is 24.2 Å². The highest BCUT2D eigenvalue weighted by Crippen LogP contribution is 2.45. The fourth-order valence-electron chi connectivity index (χ4n) is 7.92. The molecule has 9 aromatic rings. The summed E-state index contributed by atoms with van der Waals surface area (Å²) in [5, 5.41) is 14.6. The number of aromatic nitrogens is 4. The number of phenols is 1. The maximum atomic E-state index is 12.3. The smallest absolute Gasteiger partial charge is 0.149 e. The molecule has 0 saturated heterocycles. The second-order valence-corrected chi connectivity index (χ2v) is 16.5. The second-order valence-electron chi connectivity index (χ2n) is 16.5. The summed E-state index contributed by atoms with van der Waals surface area (Å²) in [6.07, 6.45) is 1.83. The van der Waals surface area contributed by atoms with Crippen LogP contribution in [0.5, 0.6) is 5.75 Å². The zero-order chi connectivity index (χ0) is 38.1. The highest BCUT2D eigenvalue weighted by Gasteiger charge is 2.29. The maximum Gasteiger partial charge on any atom is 0.149 e. The molecule has 0 radical (unpaired) electrons. The summed E-state index contributed by atoms with van der Waals surface area (Å²) in [5.74, 6) is 0.959. The summed E-state index contributed by atoms with van der Waals surface area (Å²) in [6, 6.07) is 51.0. The van der Waals surface area contributed by atoms with Crippen LogP contribution < -0.4 is 0 Å². The van der Waals surface area contributed by atoms with Crippen molar-refractivity contribution in [2.45, 2.75) is 52.4 Å². The van der Waals surface area contributed by atoms with Gasteiger partial charge in [0.1, 0.15) is 11.6 Å². The molecule has 0 bridgehead atoms. The number of para-hydroxylation sites is 3. The molecule has 9 rings (SSSR count). The van der Waals surface area contributed by atoms with Gasteiger partial charge in [-0.05, 0) is 88.7 Å². The lowest BCUT2D eigenvalue weighted by molar-refractivity contribution is 0.446. The van der Waals surface area contributed by atoms with Crippen molar-refractivity contribution in [3.05, 3.63) is 163 Å². The van der Waals surface area contributed by atoms with Crippen LogP contribution in [0.1, 0.15) is 52.7 Å². The first-order valence-corrected chi connectivity index (χ1v) is 19.0. The average molecular weight is 717 g/mol. The minimum absolute atomic E-state index is 0.158. The molecule has 55 heavy (non-hydrogen) atoms. The fraction of sp³-hybridized carbons (Fsp3) is 0.160. The summed E-state index contributed by atoms with van der Waals surface area (Å²) in [4.78, 5) is 10.2. The van der Waals surface area contributed by atoms with Gasteiger partial charge in [0.25, 0.3) is 0 Å². The number of hydrogen-bond acceptors (Lipinski definition) is 3. The molecule has 0 fully saturated rings. The number of benzene rings is 6. The van der Waals surface area contributed by atoms with Gasteiger partial charge in [0, 0.05) is 45.0 Å². The van der Waals surface area contributed by atoms with Crippen LogP contribution in [0, 0.1) is 0 Å². The van der Waals surface area contributed by atoms with Crippen molar-refractivity contribution in [2.24, 2.45) is 0 Å². The Morgan fingerprint density at radius 3 is 1.98 bits per heavy atom. The van der Waals surface area contributed by atoms with E-state index in [-0.39, 0.29) is 16.6 Å². The van der Waals surface area contributed by atoms with E-state index in [4.69, 9.17) is 4.98 Å². The van der Waals surface area contributed by atoms with Crippen molar-refractivity contribution < 1.29 is 5.11 Å². The number of rotatable bonds is 5.